The number of esters is 1. The third-order valence-corrected chi connectivity index (χ3v) is 14.0. The van der Waals surface area contributed by atoms with Gasteiger partial charge in [0.1, 0.15) is 35.1 Å². The molecule has 1 aliphatic rings. The molecule has 364 valence electrons. The summed E-state index contributed by atoms with van der Waals surface area (Å²) < 4.78 is 55.9. The normalized spacial score (nSPS) is 13.6. The minimum Gasteiger partial charge on any atom is -0.493 e. The summed E-state index contributed by atoms with van der Waals surface area (Å²) in [5.41, 5.74) is 4.92. The molecule has 6 aromatic rings. The summed E-state index contributed by atoms with van der Waals surface area (Å²) in [5, 5.41) is 18.7. The van der Waals surface area contributed by atoms with E-state index in [1.807, 2.05) is 98.1 Å². The minimum absolute atomic E-state index is 0.0739. The van der Waals surface area contributed by atoms with Crippen molar-refractivity contribution in [2.75, 3.05) is 72.0 Å². The largest absolute Gasteiger partial charge is 0.493 e. The number of nitrogens with zero attached hydrogens (tertiary/aromatic N) is 7. The number of anilines is 1. The van der Waals surface area contributed by atoms with Crippen molar-refractivity contribution < 1.29 is 42.1 Å². The third kappa shape index (κ3) is 11.1. The summed E-state index contributed by atoms with van der Waals surface area (Å²) >= 11 is 0. The van der Waals surface area contributed by atoms with Crippen LogP contribution in [-0.4, -0.2) is 126 Å². The maximum absolute atomic E-state index is 14.3. The summed E-state index contributed by atoms with van der Waals surface area (Å²) in [7, 11) is 3.09. The van der Waals surface area contributed by atoms with Gasteiger partial charge in [-0.25, -0.2) is 9.59 Å². The highest BCUT2D eigenvalue weighted by Crippen LogP contribution is 2.39. The number of aliphatic hydroxyl groups excluding tert-OH is 1. The Bertz CT molecular complexity index is 2820. The Balaban J connectivity index is 1.21. The predicted molar refractivity (Wildman–Crippen MR) is 264 cm³/mol. The summed E-state index contributed by atoms with van der Waals surface area (Å²) in [4.78, 5) is 31.0. The van der Waals surface area contributed by atoms with E-state index < -0.39 is 27.9 Å². The fourth-order valence-electron chi connectivity index (χ4n) is 8.77. The Morgan fingerprint density at radius 2 is 1.54 bits per heavy atom. The first kappa shape index (κ1) is 49.8. The van der Waals surface area contributed by atoms with Crippen LogP contribution in [0.15, 0.2) is 84.9 Å². The molecule has 0 bridgehead atoms. The first-order valence-electron chi connectivity index (χ1n) is 23.2. The van der Waals surface area contributed by atoms with Crippen molar-refractivity contribution in [1.82, 2.24) is 27.9 Å². The van der Waals surface area contributed by atoms with Gasteiger partial charge in [-0.15, -0.1) is 0 Å². The number of hydrogen-bond donors (Lipinski definition) is 1. The number of carbonyl (C=O) groups excluding carboxylic acids is 2. The van der Waals surface area contributed by atoms with Crippen LogP contribution in [0, 0.1) is 0 Å². The number of carbonyl (C=O) groups is 2. The number of aromatic nitrogens is 3. The Kier molecular flexibility index (Phi) is 15.7. The summed E-state index contributed by atoms with van der Waals surface area (Å²) in [6.45, 7) is 10.2. The number of aliphatic hydroxyl groups is 1. The van der Waals surface area contributed by atoms with E-state index in [-0.39, 0.29) is 19.8 Å². The van der Waals surface area contributed by atoms with Gasteiger partial charge in [0.05, 0.1) is 31.0 Å². The lowest BCUT2D eigenvalue weighted by Gasteiger charge is -2.36. The lowest BCUT2D eigenvalue weighted by molar-refractivity contribution is 0.0294. The quantitative estimate of drug-likeness (QED) is 0.0628. The molecule has 1 N–H and O–H groups in total. The van der Waals surface area contributed by atoms with Crippen LogP contribution in [-0.2, 0) is 52.9 Å². The van der Waals surface area contributed by atoms with Crippen molar-refractivity contribution >= 4 is 49.6 Å². The SMILES string of the molecule is CCOC(=O)c1c(CCCOc2cccc3ccccc23)c2cccc(-c3c(COc4ccc(N5CCN(S(=O)(=O)N(C)C)CC5)cc4)nn(C)c3CO)c2n1CCCN(C)C(=O)OC(C)(C)C. The lowest BCUT2D eigenvalue weighted by Crippen LogP contribution is -2.51. The van der Waals surface area contributed by atoms with E-state index in [9.17, 15) is 23.1 Å². The van der Waals surface area contributed by atoms with Crippen LogP contribution in [0.1, 0.15) is 68.0 Å². The standard InChI is InChI=1S/C51H65N7O9S/c1-9-64-49(60)48-41(21-14-33-65-45-22-12-17-36-16-10-11-18-39(36)45)40-19-13-20-42(47(40)58(48)28-15-27-54(7)50(61)67-51(2,3)4)46-43(52-55(8)44(46)34-59)35-66-38-25-23-37(24-26-38)56-29-31-57(32-30-56)68(62,63)53(5)6/h10-13,16-20,22-26,59H,9,14-15,21,27-35H2,1-8H3. The van der Waals surface area contributed by atoms with Crippen LogP contribution in [0.25, 0.3) is 32.8 Å². The molecule has 0 spiro atoms. The molecule has 2 aromatic heterocycles. The molecule has 0 saturated carbocycles. The number of para-hydroxylation sites is 1. The third-order valence-electron chi connectivity index (χ3n) is 12.1. The molecule has 0 aliphatic carbocycles. The molecule has 1 saturated heterocycles. The summed E-state index contributed by atoms with van der Waals surface area (Å²) in [6.07, 6.45) is 1.15. The average Bonchev–Trinajstić information content (AvgIpc) is 3.82. The van der Waals surface area contributed by atoms with Crippen LogP contribution in [0.2, 0.25) is 0 Å². The van der Waals surface area contributed by atoms with Crippen LogP contribution < -0.4 is 14.4 Å². The first-order chi connectivity index (χ1) is 32.5. The zero-order valence-electron chi connectivity index (χ0n) is 40.5. The molecule has 0 atom stereocenters. The predicted octanol–water partition coefficient (Wildman–Crippen LogP) is 7.64. The van der Waals surface area contributed by atoms with E-state index in [2.05, 4.69) is 17.0 Å². The van der Waals surface area contributed by atoms with Crippen LogP contribution in [0.3, 0.4) is 0 Å². The smallest absolute Gasteiger partial charge is 0.410 e. The molecule has 3 heterocycles. The molecular formula is C51H65N7O9S. The van der Waals surface area contributed by atoms with Gasteiger partial charge in [0.25, 0.3) is 10.2 Å². The van der Waals surface area contributed by atoms with Crippen molar-refractivity contribution in [2.24, 2.45) is 7.05 Å². The zero-order valence-corrected chi connectivity index (χ0v) is 41.3. The van der Waals surface area contributed by atoms with Gasteiger partial charge >= 0.3 is 12.1 Å². The number of benzene rings is 4. The monoisotopic (exact) mass is 951 g/mol. The number of rotatable bonds is 19. The summed E-state index contributed by atoms with van der Waals surface area (Å²) in [6, 6.07) is 27.7. The van der Waals surface area contributed by atoms with E-state index in [1.165, 1.54) is 8.61 Å². The number of amides is 1. The van der Waals surface area contributed by atoms with Gasteiger partial charge in [-0.2, -0.15) is 22.1 Å². The Morgan fingerprint density at radius 1 is 0.853 bits per heavy atom. The Labute approximate surface area is 399 Å². The number of piperazine rings is 1. The van der Waals surface area contributed by atoms with Gasteiger partial charge in [0.15, 0.2) is 0 Å². The molecule has 16 nitrogen and oxygen atoms in total. The summed E-state index contributed by atoms with van der Waals surface area (Å²) in [5.74, 6) is 0.944. The topological polar surface area (TPSA) is 161 Å². The maximum atomic E-state index is 14.3. The number of fused-ring (bicyclic) bond motifs is 2. The highest BCUT2D eigenvalue weighted by Gasteiger charge is 2.31. The van der Waals surface area contributed by atoms with Gasteiger partial charge in [0, 0.05) is 95.0 Å². The maximum Gasteiger partial charge on any atom is 0.410 e. The number of hydrogen-bond acceptors (Lipinski definition) is 11. The molecule has 7 rings (SSSR count). The fraction of sp³-hybridized carbons (Fsp3) is 0.431. The van der Waals surface area contributed by atoms with Gasteiger partial charge < -0.3 is 38.4 Å². The van der Waals surface area contributed by atoms with Crippen molar-refractivity contribution in [1.29, 1.82) is 0 Å². The van der Waals surface area contributed by atoms with E-state index in [0.29, 0.717) is 93.5 Å². The highest BCUT2D eigenvalue weighted by molar-refractivity contribution is 7.86. The van der Waals surface area contributed by atoms with Crippen molar-refractivity contribution in [3.63, 3.8) is 0 Å². The Hall–Kier alpha value is -6.14. The van der Waals surface area contributed by atoms with Gasteiger partial charge in [-0.3, -0.25) is 4.68 Å². The second kappa shape index (κ2) is 21.4. The van der Waals surface area contributed by atoms with Gasteiger partial charge in [-0.1, -0.05) is 54.6 Å². The Morgan fingerprint density at radius 3 is 2.24 bits per heavy atom. The van der Waals surface area contributed by atoms with Crippen LogP contribution >= 0.6 is 0 Å². The van der Waals surface area contributed by atoms with E-state index in [1.54, 1.807) is 44.7 Å². The highest BCUT2D eigenvalue weighted by atomic mass is 32.2. The molecule has 0 unspecified atom stereocenters. The fourth-order valence-corrected chi connectivity index (χ4v) is 9.85. The van der Waals surface area contributed by atoms with Crippen molar-refractivity contribution in [3.05, 3.63) is 108 Å². The number of ether oxygens (including phenoxy) is 4. The molecule has 1 fully saturated rings. The zero-order chi connectivity index (χ0) is 48.8. The van der Waals surface area contributed by atoms with Gasteiger partial charge in [0.2, 0.25) is 0 Å². The molecule has 4 aromatic carbocycles. The first-order valence-corrected chi connectivity index (χ1v) is 24.6. The molecule has 1 aliphatic heterocycles. The lowest BCUT2D eigenvalue weighted by atomic mass is 9.98. The van der Waals surface area contributed by atoms with Crippen molar-refractivity contribution in [2.45, 2.75) is 72.3 Å². The number of aryl methyl sites for hydroxylation is 3. The second-order valence-electron chi connectivity index (χ2n) is 18.1. The van der Waals surface area contributed by atoms with Crippen LogP contribution in [0.5, 0.6) is 11.5 Å². The molecule has 68 heavy (non-hydrogen) atoms. The second-order valence-corrected chi connectivity index (χ2v) is 20.2. The molecule has 17 heteroatoms. The van der Waals surface area contributed by atoms with E-state index in [4.69, 9.17) is 24.0 Å². The van der Waals surface area contributed by atoms with E-state index >= 15 is 0 Å². The minimum atomic E-state index is -3.48. The van der Waals surface area contributed by atoms with Crippen molar-refractivity contribution in [3.8, 4) is 22.6 Å². The molecule has 1 amide bonds. The van der Waals surface area contributed by atoms with E-state index in [0.717, 1.165) is 44.2 Å². The average molecular weight is 952 g/mol. The van der Waals surface area contributed by atoms with Gasteiger partial charge in [-0.05, 0) is 88.2 Å². The van der Waals surface area contributed by atoms with Crippen LogP contribution in [0.4, 0.5) is 10.5 Å². The molecular weight excluding hydrogens is 887 g/mol. The molecule has 0 radical (unpaired) electrons.